The maximum atomic E-state index is 12.0. The third kappa shape index (κ3) is 4.73. The summed E-state index contributed by atoms with van der Waals surface area (Å²) in [4.78, 5) is 12.0. The van der Waals surface area contributed by atoms with Crippen molar-refractivity contribution >= 4 is 17.7 Å². The number of nitrogens with one attached hydrogen (secondary N) is 1. The molecule has 0 bridgehead atoms. The summed E-state index contributed by atoms with van der Waals surface area (Å²) in [7, 11) is 0. The highest BCUT2D eigenvalue weighted by atomic mass is 32.2. The number of thioether (sulfide) groups is 1. The quantitative estimate of drug-likeness (QED) is 0.688. The Hall–Kier alpha value is -1.04. The first-order valence-electron chi connectivity index (χ1n) is 7.16. The van der Waals surface area contributed by atoms with Gasteiger partial charge in [0.25, 0.3) is 0 Å². The van der Waals surface area contributed by atoms with Crippen LogP contribution in [0.25, 0.3) is 0 Å². The van der Waals surface area contributed by atoms with Crippen LogP contribution < -0.4 is 5.32 Å². The van der Waals surface area contributed by atoms with E-state index in [9.17, 15) is 15.0 Å². The molecule has 118 valence electrons. The van der Waals surface area contributed by atoms with Gasteiger partial charge in [-0.1, -0.05) is 37.3 Å². The Balaban J connectivity index is 3.11. The van der Waals surface area contributed by atoms with Crippen molar-refractivity contribution in [1.82, 2.24) is 5.32 Å². The number of aliphatic hydroxyl groups is 1. The molecule has 1 aromatic rings. The third-order valence-electron chi connectivity index (χ3n) is 3.41. The molecular formula is C16H25NO3S. The van der Waals surface area contributed by atoms with Gasteiger partial charge in [-0.25, -0.2) is 4.79 Å². The fourth-order valence-electron chi connectivity index (χ4n) is 2.07. The highest BCUT2D eigenvalue weighted by molar-refractivity contribution is 8.00. The van der Waals surface area contributed by atoms with E-state index in [0.29, 0.717) is 5.75 Å². The van der Waals surface area contributed by atoms with Crippen LogP contribution in [0.2, 0.25) is 0 Å². The Kier molecular flexibility index (Phi) is 6.71. The molecule has 0 radical (unpaired) electrons. The highest BCUT2D eigenvalue weighted by Gasteiger charge is 2.41. The van der Waals surface area contributed by atoms with Gasteiger partial charge in [-0.3, -0.25) is 5.32 Å². The number of hydrogen-bond donors (Lipinski definition) is 3. The molecule has 0 amide bonds. The standard InChI is InChI=1S/C16H25NO3S/c1-11(2)17-16(15(19)20,10-21-13(4)12(3)18)14-8-6-5-7-9-14/h5-9,11-13,17-18H,10H2,1-4H3,(H,19,20). The Bertz CT molecular complexity index is 450. The van der Waals surface area contributed by atoms with Crippen LogP contribution in [0.15, 0.2) is 30.3 Å². The van der Waals surface area contributed by atoms with E-state index in [2.05, 4.69) is 5.32 Å². The summed E-state index contributed by atoms with van der Waals surface area (Å²) in [6.45, 7) is 7.49. The molecule has 5 heteroatoms. The van der Waals surface area contributed by atoms with Gasteiger partial charge in [0.05, 0.1) is 6.10 Å². The molecule has 0 fully saturated rings. The second-order valence-electron chi connectivity index (χ2n) is 5.63. The second kappa shape index (κ2) is 7.82. The predicted octanol–water partition coefficient (Wildman–Crippen LogP) is 2.47. The van der Waals surface area contributed by atoms with E-state index >= 15 is 0 Å². The molecule has 0 aliphatic heterocycles. The third-order valence-corrected chi connectivity index (χ3v) is 4.93. The van der Waals surface area contributed by atoms with Crippen LogP contribution >= 0.6 is 11.8 Å². The lowest BCUT2D eigenvalue weighted by molar-refractivity contribution is -0.144. The summed E-state index contributed by atoms with van der Waals surface area (Å²) in [5.41, 5.74) is -0.417. The predicted molar refractivity (Wildman–Crippen MR) is 87.6 cm³/mol. The van der Waals surface area contributed by atoms with Gasteiger partial charge in [0.1, 0.15) is 0 Å². The zero-order chi connectivity index (χ0) is 16.0. The maximum Gasteiger partial charge on any atom is 0.329 e. The molecule has 0 saturated carbocycles. The Morgan fingerprint density at radius 3 is 2.24 bits per heavy atom. The fraction of sp³-hybridized carbons (Fsp3) is 0.562. The van der Waals surface area contributed by atoms with Gasteiger partial charge in [-0.05, 0) is 26.3 Å². The van der Waals surface area contributed by atoms with E-state index in [1.54, 1.807) is 6.92 Å². The van der Waals surface area contributed by atoms with Crippen molar-refractivity contribution in [3.63, 3.8) is 0 Å². The molecule has 3 atom stereocenters. The van der Waals surface area contributed by atoms with Crippen LogP contribution in [0.3, 0.4) is 0 Å². The van der Waals surface area contributed by atoms with Crippen molar-refractivity contribution in [2.75, 3.05) is 5.75 Å². The van der Waals surface area contributed by atoms with E-state index in [-0.39, 0.29) is 11.3 Å². The molecule has 4 nitrogen and oxygen atoms in total. The molecule has 0 saturated heterocycles. The molecule has 1 rings (SSSR count). The number of hydrogen-bond acceptors (Lipinski definition) is 4. The molecule has 0 aliphatic rings. The van der Waals surface area contributed by atoms with Gasteiger partial charge >= 0.3 is 5.97 Å². The minimum atomic E-state index is -1.15. The zero-order valence-corrected chi connectivity index (χ0v) is 13.9. The van der Waals surface area contributed by atoms with Crippen molar-refractivity contribution in [3.8, 4) is 0 Å². The first-order chi connectivity index (χ1) is 9.79. The van der Waals surface area contributed by atoms with Crippen molar-refractivity contribution in [3.05, 3.63) is 35.9 Å². The van der Waals surface area contributed by atoms with Crippen molar-refractivity contribution < 1.29 is 15.0 Å². The summed E-state index contributed by atoms with van der Waals surface area (Å²) in [5.74, 6) is -0.538. The minimum absolute atomic E-state index is 0.0265. The second-order valence-corrected chi connectivity index (χ2v) is 7.00. The number of aliphatic hydroxyl groups excluding tert-OH is 1. The average Bonchev–Trinajstić information content (AvgIpc) is 2.43. The summed E-state index contributed by atoms with van der Waals surface area (Å²) in [6, 6.07) is 9.25. The van der Waals surface area contributed by atoms with E-state index in [0.717, 1.165) is 5.56 Å². The van der Waals surface area contributed by atoms with Crippen molar-refractivity contribution in [2.24, 2.45) is 0 Å². The van der Waals surface area contributed by atoms with Gasteiger partial charge in [0.15, 0.2) is 5.54 Å². The number of carboxylic acids is 1. The van der Waals surface area contributed by atoms with Gasteiger partial charge in [0, 0.05) is 17.0 Å². The minimum Gasteiger partial charge on any atom is -0.480 e. The van der Waals surface area contributed by atoms with Crippen LogP contribution in [0.4, 0.5) is 0 Å². The van der Waals surface area contributed by atoms with E-state index in [1.165, 1.54) is 11.8 Å². The number of rotatable bonds is 8. The maximum absolute atomic E-state index is 12.0. The average molecular weight is 311 g/mol. The number of carboxylic acid groups (broad SMARTS) is 1. The van der Waals surface area contributed by atoms with Gasteiger partial charge in [-0.15, -0.1) is 0 Å². The first kappa shape index (κ1) is 18.0. The largest absolute Gasteiger partial charge is 0.480 e. The first-order valence-corrected chi connectivity index (χ1v) is 8.20. The SMILES string of the molecule is CC(C)NC(CSC(C)C(C)O)(C(=O)O)c1ccccc1. The fourth-order valence-corrected chi connectivity index (χ4v) is 3.23. The lowest BCUT2D eigenvalue weighted by Crippen LogP contribution is -2.54. The summed E-state index contributed by atoms with van der Waals surface area (Å²) >= 11 is 1.46. The Labute approximate surface area is 131 Å². The van der Waals surface area contributed by atoms with Crippen LogP contribution in [0.1, 0.15) is 33.3 Å². The van der Waals surface area contributed by atoms with Crippen LogP contribution in [-0.4, -0.2) is 39.3 Å². The molecular weight excluding hydrogens is 286 g/mol. The molecule has 3 N–H and O–H groups in total. The summed E-state index contributed by atoms with van der Waals surface area (Å²) in [6.07, 6.45) is -0.476. The highest BCUT2D eigenvalue weighted by Crippen LogP contribution is 2.30. The number of carbonyl (C=O) groups is 1. The monoisotopic (exact) mass is 311 g/mol. The normalized spacial score (nSPS) is 17.2. The van der Waals surface area contributed by atoms with E-state index in [4.69, 9.17) is 0 Å². The smallest absolute Gasteiger partial charge is 0.329 e. The molecule has 0 aliphatic carbocycles. The lowest BCUT2D eigenvalue weighted by atomic mass is 9.91. The summed E-state index contributed by atoms with van der Waals surface area (Å²) < 4.78 is 0. The lowest BCUT2D eigenvalue weighted by Gasteiger charge is -2.34. The van der Waals surface area contributed by atoms with Gasteiger partial charge in [0.2, 0.25) is 0 Å². The zero-order valence-electron chi connectivity index (χ0n) is 13.0. The van der Waals surface area contributed by atoms with E-state index in [1.807, 2.05) is 51.1 Å². The topological polar surface area (TPSA) is 69.6 Å². The van der Waals surface area contributed by atoms with Crippen LogP contribution in [0.5, 0.6) is 0 Å². The Morgan fingerprint density at radius 1 is 1.24 bits per heavy atom. The molecule has 0 heterocycles. The molecule has 1 aromatic carbocycles. The summed E-state index contributed by atoms with van der Waals surface area (Å²) in [5, 5.41) is 22.6. The Morgan fingerprint density at radius 2 is 1.81 bits per heavy atom. The number of benzene rings is 1. The van der Waals surface area contributed by atoms with Crippen LogP contribution in [0, 0.1) is 0 Å². The number of aliphatic carboxylic acids is 1. The molecule has 21 heavy (non-hydrogen) atoms. The van der Waals surface area contributed by atoms with E-state index < -0.39 is 17.6 Å². The van der Waals surface area contributed by atoms with Crippen molar-refractivity contribution in [2.45, 2.75) is 50.6 Å². The molecule has 0 spiro atoms. The van der Waals surface area contributed by atoms with Gasteiger partial charge in [-0.2, -0.15) is 11.8 Å². The van der Waals surface area contributed by atoms with Crippen molar-refractivity contribution in [1.29, 1.82) is 0 Å². The molecule has 0 aromatic heterocycles. The van der Waals surface area contributed by atoms with Crippen LogP contribution in [-0.2, 0) is 10.3 Å². The van der Waals surface area contributed by atoms with Gasteiger partial charge < -0.3 is 10.2 Å². The molecule has 3 unspecified atom stereocenters.